The van der Waals surface area contributed by atoms with Gasteiger partial charge in [0.15, 0.2) is 0 Å². The lowest BCUT2D eigenvalue weighted by Gasteiger charge is -2.14. The van der Waals surface area contributed by atoms with Gasteiger partial charge >= 0.3 is 0 Å². The van der Waals surface area contributed by atoms with Gasteiger partial charge in [0.1, 0.15) is 21.2 Å². The lowest BCUT2D eigenvalue weighted by Crippen LogP contribution is -2.28. The second-order valence-electron chi connectivity index (χ2n) is 6.65. The number of benzene rings is 1. The molecule has 1 aromatic carbocycles. The van der Waals surface area contributed by atoms with E-state index in [9.17, 15) is 4.79 Å². The van der Waals surface area contributed by atoms with Crippen LogP contribution in [-0.4, -0.2) is 36.8 Å². The number of carbonyl (C=O) groups excluding carboxylic acids is 1. The summed E-state index contributed by atoms with van der Waals surface area (Å²) in [6.45, 7) is 3.16. The molecular formula is C20H23ClN4O3S. The fourth-order valence-electron chi connectivity index (χ4n) is 2.69. The van der Waals surface area contributed by atoms with Gasteiger partial charge in [-0.25, -0.2) is 4.98 Å². The molecule has 0 radical (unpaired) electrons. The lowest BCUT2D eigenvalue weighted by atomic mass is 10.1. The summed E-state index contributed by atoms with van der Waals surface area (Å²) in [5.41, 5.74) is 13.8. The summed E-state index contributed by atoms with van der Waals surface area (Å²) in [5, 5.41) is 3.51. The van der Waals surface area contributed by atoms with Crippen LogP contribution in [0.3, 0.4) is 0 Å². The predicted octanol–water partition coefficient (Wildman–Crippen LogP) is 3.07. The number of halogens is 1. The maximum absolute atomic E-state index is 12.7. The van der Waals surface area contributed by atoms with E-state index in [0.717, 1.165) is 12.0 Å². The molecule has 1 unspecified atom stereocenters. The van der Waals surface area contributed by atoms with Gasteiger partial charge in [-0.15, -0.1) is 11.3 Å². The van der Waals surface area contributed by atoms with Crippen molar-refractivity contribution in [3.8, 4) is 16.3 Å². The van der Waals surface area contributed by atoms with Crippen LogP contribution in [0, 0.1) is 0 Å². The van der Waals surface area contributed by atoms with Crippen molar-refractivity contribution >= 4 is 28.8 Å². The summed E-state index contributed by atoms with van der Waals surface area (Å²) in [7, 11) is 0. The van der Waals surface area contributed by atoms with Gasteiger partial charge in [0.05, 0.1) is 26.0 Å². The number of carbonyl (C=O) groups is 1. The maximum Gasteiger partial charge on any atom is 0.251 e. The van der Waals surface area contributed by atoms with Crippen molar-refractivity contribution in [2.45, 2.75) is 19.4 Å². The van der Waals surface area contributed by atoms with Crippen LogP contribution in [0.5, 0.6) is 5.75 Å². The van der Waals surface area contributed by atoms with Crippen molar-refractivity contribution in [1.82, 2.24) is 10.3 Å². The number of rotatable bonds is 7. The zero-order valence-corrected chi connectivity index (χ0v) is 17.6. The summed E-state index contributed by atoms with van der Waals surface area (Å²) < 4.78 is 11.9. The number of amides is 1. The van der Waals surface area contributed by atoms with Gasteiger partial charge in [0, 0.05) is 28.9 Å². The number of nitrogens with two attached hydrogens (primary N) is 2. The SMILES string of the molecule is C/C(N)=C/C=C(\N)CNC(=O)c1cc(OC2CCOC2)cc(-c2ncc(Cl)s2)c1. The molecule has 0 bridgehead atoms. The number of hydrogen-bond donors (Lipinski definition) is 3. The van der Waals surface area contributed by atoms with Crippen LogP contribution in [0.1, 0.15) is 23.7 Å². The molecule has 29 heavy (non-hydrogen) atoms. The van der Waals surface area contributed by atoms with E-state index in [2.05, 4.69) is 10.3 Å². The fraction of sp³-hybridized carbons (Fsp3) is 0.300. The number of thiazole rings is 1. The molecule has 1 amide bonds. The molecule has 2 aromatic rings. The van der Waals surface area contributed by atoms with E-state index in [4.69, 9.17) is 32.5 Å². The molecule has 1 aliphatic rings. The lowest BCUT2D eigenvalue weighted by molar-refractivity contribution is 0.0955. The Hall–Kier alpha value is -2.55. The molecule has 0 aliphatic carbocycles. The van der Waals surface area contributed by atoms with Crippen LogP contribution in [0.4, 0.5) is 0 Å². The molecule has 5 N–H and O–H groups in total. The Bertz CT molecular complexity index is 932. The number of aromatic nitrogens is 1. The molecule has 154 valence electrons. The second kappa shape index (κ2) is 9.78. The van der Waals surface area contributed by atoms with Crippen molar-refractivity contribution < 1.29 is 14.3 Å². The third-order valence-corrected chi connectivity index (χ3v) is 5.26. The average molecular weight is 435 g/mol. The van der Waals surface area contributed by atoms with E-state index in [-0.39, 0.29) is 18.6 Å². The van der Waals surface area contributed by atoms with Gasteiger partial charge in [0.25, 0.3) is 5.91 Å². The maximum atomic E-state index is 12.7. The Labute approximate surface area is 178 Å². The van der Waals surface area contributed by atoms with Crippen molar-refractivity contribution in [1.29, 1.82) is 0 Å². The Balaban J connectivity index is 1.81. The smallest absolute Gasteiger partial charge is 0.251 e. The first kappa shape index (κ1) is 21.2. The Morgan fingerprint density at radius 3 is 2.90 bits per heavy atom. The van der Waals surface area contributed by atoms with Gasteiger partial charge in [-0.05, 0) is 37.3 Å². The van der Waals surface area contributed by atoms with Gasteiger partial charge in [-0.1, -0.05) is 11.6 Å². The van der Waals surface area contributed by atoms with Gasteiger partial charge < -0.3 is 26.3 Å². The van der Waals surface area contributed by atoms with Crippen molar-refractivity contribution in [3.63, 3.8) is 0 Å². The number of hydrogen-bond acceptors (Lipinski definition) is 7. The van der Waals surface area contributed by atoms with Crippen LogP contribution in [-0.2, 0) is 4.74 Å². The third-order valence-electron chi connectivity index (χ3n) is 4.10. The highest BCUT2D eigenvalue weighted by Crippen LogP contribution is 2.32. The van der Waals surface area contributed by atoms with E-state index < -0.39 is 0 Å². The summed E-state index contributed by atoms with van der Waals surface area (Å²) in [5.74, 6) is 0.312. The Morgan fingerprint density at radius 2 is 2.24 bits per heavy atom. The van der Waals surface area contributed by atoms with E-state index >= 15 is 0 Å². The minimum Gasteiger partial charge on any atom is -0.488 e. The zero-order valence-electron chi connectivity index (χ0n) is 16.0. The van der Waals surface area contributed by atoms with E-state index in [1.165, 1.54) is 11.3 Å². The van der Waals surface area contributed by atoms with Crippen LogP contribution in [0.15, 0.2) is 47.9 Å². The van der Waals surface area contributed by atoms with Gasteiger partial charge in [-0.2, -0.15) is 0 Å². The molecule has 1 aromatic heterocycles. The highest BCUT2D eigenvalue weighted by atomic mass is 35.5. The minimum absolute atomic E-state index is 0.0362. The molecule has 3 rings (SSSR count). The molecule has 0 saturated carbocycles. The number of nitrogens with zero attached hydrogens (tertiary/aromatic N) is 1. The number of nitrogens with one attached hydrogen (secondary N) is 1. The Morgan fingerprint density at radius 1 is 1.41 bits per heavy atom. The fourth-order valence-corrected chi connectivity index (χ4v) is 3.59. The van der Waals surface area contributed by atoms with Crippen LogP contribution in [0.2, 0.25) is 4.34 Å². The molecule has 1 fully saturated rings. The topological polar surface area (TPSA) is 112 Å². The van der Waals surface area contributed by atoms with Crippen LogP contribution in [0.25, 0.3) is 10.6 Å². The normalized spacial score (nSPS) is 17.4. The molecule has 2 heterocycles. The molecule has 7 nitrogen and oxygen atoms in total. The minimum atomic E-state index is -0.271. The monoisotopic (exact) mass is 434 g/mol. The standard InChI is InChI=1S/C20H23ClN4O3S/c1-12(22)2-3-15(23)9-24-19(26)13-6-14(20-25-10-18(21)29-20)8-17(7-13)28-16-4-5-27-11-16/h2-3,6-8,10,16H,4-5,9,11,22-23H2,1H3,(H,24,26)/b12-2-,15-3-. The molecule has 9 heteroatoms. The molecule has 1 atom stereocenters. The summed E-state index contributed by atoms with van der Waals surface area (Å²) >= 11 is 7.36. The van der Waals surface area contributed by atoms with E-state index in [1.807, 2.05) is 6.07 Å². The summed E-state index contributed by atoms with van der Waals surface area (Å²) in [4.78, 5) is 17.0. The first-order valence-corrected chi connectivity index (χ1v) is 10.3. The average Bonchev–Trinajstić information content (AvgIpc) is 3.35. The van der Waals surface area contributed by atoms with Crippen LogP contribution < -0.4 is 21.5 Å². The van der Waals surface area contributed by atoms with Crippen molar-refractivity contribution in [3.05, 3.63) is 57.8 Å². The first-order valence-electron chi connectivity index (χ1n) is 9.08. The van der Waals surface area contributed by atoms with Crippen molar-refractivity contribution in [2.24, 2.45) is 11.5 Å². The highest BCUT2D eigenvalue weighted by molar-refractivity contribution is 7.18. The predicted molar refractivity (Wildman–Crippen MR) is 115 cm³/mol. The number of ether oxygens (including phenoxy) is 2. The largest absolute Gasteiger partial charge is 0.488 e. The second-order valence-corrected chi connectivity index (χ2v) is 8.32. The quantitative estimate of drug-likeness (QED) is 0.577. The third kappa shape index (κ3) is 6.22. The summed E-state index contributed by atoms with van der Waals surface area (Å²) in [6.07, 6.45) is 5.70. The van der Waals surface area contributed by atoms with Gasteiger partial charge in [0.2, 0.25) is 0 Å². The van der Waals surface area contributed by atoms with Crippen molar-refractivity contribution in [2.75, 3.05) is 19.8 Å². The molecule has 1 aliphatic heterocycles. The highest BCUT2D eigenvalue weighted by Gasteiger charge is 2.19. The van der Waals surface area contributed by atoms with Crippen LogP contribution >= 0.6 is 22.9 Å². The molecular weight excluding hydrogens is 412 g/mol. The molecule has 1 saturated heterocycles. The first-order chi connectivity index (χ1) is 13.9. The van der Waals surface area contributed by atoms with E-state index in [1.54, 1.807) is 37.4 Å². The summed E-state index contributed by atoms with van der Waals surface area (Å²) in [6, 6.07) is 5.32. The zero-order chi connectivity index (χ0) is 20.8. The van der Waals surface area contributed by atoms with Gasteiger partial charge in [-0.3, -0.25) is 4.79 Å². The molecule has 0 spiro atoms. The van der Waals surface area contributed by atoms with E-state index in [0.29, 0.717) is 45.3 Å². The number of allylic oxidation sites excluding steroid dienone is 3. The Kier molecular flexibility index (Phi) is 7.13.